The fourth-order valence-electron chi connectivity index (χ4n) is 0.511. The summed E-state index contributed by atoms with van der Waals surface area (Å²) in [7, 11) is -2.24. The van der Waals surface area contributed by atoms with E-state index in [0.29, 0.717) is 0 Å². The van der Waals surface area contributed by atoms with Gasteiger partial charge < -0.3 is 18.1 Å². The molecule has 0 spiro atoms. The highest BCUT2D eigenvalue weighted by Crippen LogP contribution is 2.66. The third-order valence-electron chi connectivity index (χ3n) is 1.30. The highest BCUT2D eigenvalue weighted by molar-refractivity contribution is 7.75. The van der Waals surface area contributed by atoms with E-state index in [-0.39, 0.29) is 0 Å². The van der Waals surface area contributed by atoms with Gasteiger partial charge in [0.05, 0.1) is 0 Å². The average Bonchev–Trinajstić information content (AvgIpc) is 2.17. The molecule has 0 aliphatic heterocycles. The molecule has 0 aromatic heterocycles. The maximum atomic E-state index is 11.5. The quantitative estimate of drug-likeness (QED) is 0.651. The fourth-order valence-corrected chi connectivity index (χ4v) is 3.70. The van der Waals surface area contributed by atoms with Gasteiger partial charge in [0.25, 0.3) is 0 Å². The molecule has 0 aromatic rings. The van der Waals surface area contributed by atoms with E-state index in [9.17, 15) is 9.13 Å². The summed E-state index contributed by atoms with van der Waals surface area (Å²) in [5, 5.41) is 0. The average molecular weight is 231 g/mol. The number of rotatable bonds is 6. The highest BCUT2D eigenvalue weighted by Gasteiger charge is 2.36. The van der Waals surface area contributed by atoms with Gasteiger partial charge in [0, 0.05) is 28.4 Å². The maximum absolute atomic E-state index is 11.5. The summed E-state index contributed by atoms with van der Waals surface area (Å²) in [5.74, 6) is 0.819. The van der Waals surface area contributed by atoms with Crippen molar-refractivity contribution in [3.63, 3.8) is 0 Å². The minimum absolute atomic E-state index is 0.819. The molecular formula is C5H13O6P2. The molecule has 0 N–H and O–H groups in total. The van der Waals surface area contributed by atoms with Crippen molar-refractivity contribution in [1.82, 2.24) is 0 Å². The first kappa shape index (κ1) is 13.3. The van der Waals surface area contributed by atoms with Crippen molar-refractivity contribution < 1.29 is 27.2 Å². The Morgan fingerprint density at radius 3 is 1.15 bits per heavy atom. The lowest BCUT2D eigenvalue weighted by Crippen LogP contribution is -1.94. The molecule has 13 heavy (non-hydrogen) atoms. The topological polar surface area (TPSA) is 71.1 Å². The Bertz CT molecular complexity index is 199. The molecule has 0 rings (SSSR count). The molecule has 0 fully saturated rings. The van der Waals surface area contributed by atoms with Crippen molar-refractivity contribution in [2.45, 2.75) is 0 Å². The van der Waals surface area contributed by atoms with Crippen LogP contribution in [0.3, 0.4) is 0 Å². The van der Waals surface area contributed by atoms with Crippen LogP contribution in [-0.2, 0) is 27.2 Å². The molecule has 0 aliphatic rings. The molecule has 1 radical (unpaired) electrons. The molecule has 79 valence electrons. The van der Waals surface area contributed by atoms with Gasteiger partial charge in [-0.15, -0.1) is 0 Å². The third kappa shape index (κ3) is 3.90. The zero-order valence-corrected chi connectivity index (χ0v) is 9.71. The summed E-state index contributed by atoms with van der Waals surface area (Å²) in [5.41, 5.74) is 0. The van der Waals surface area contributed by atoms with Crippen LogP contribution in [0.2, 0.25) is 0 Å². The predicted octanol–water partition coefficient (Wildman–Crippen LogP) is 2.08. The molecule has 6 nitrogen and oxygen atoms in total. The van der Waals surface area contributed by atoms with Crippen LogP contribution in [-0.4, -0.2) is 28.4 Å². The van der Waals surface area contributed by atoms with E-state index in [1.165, 1.54) is 28.4 Å². The summed E-state index contributed by atoms with van der Waals surface area (Å²) in [6, 6.07) is 0. The lowest BCUT2D eigenvalue weighted by atomic mass is 11.8. The van der Waals surface area contributed by atoms with Crippen LogP contribution in [0, 0.1) is 5.90 Å². The van der Waals surface area contributed by atoms with E-state index in [0.717, 1.165) is 5.90 Å². The van der Waals surface area contributed by atoms with Gasteiger partial charge >= 0.3 is 15.2 Å². The molecule has 0 amide bonds. The maximum Gasteiger partial charge on any atom is 0.346 e. The summed E-state index contributed by atoms with van der Waals surface area (Å²) in [6.45, 7) is 0. The van der Waals surface area contributed by atoms with E-state index in [2.05, 4.69) is 18.1 Å². The lowest BCUT2D eigenvalue weighted by Gasteiger charge is -2.17. The van der Waals surface area contributed by atoms with Crippen molar-refractivity contribution in [2.75, 3.05) is 28.4 Å². The second-order valence-electron chi connectivity index (χ2n) is 1.93. The largest absolute Gasteiger partial charge is 0.346 e. The Morgan fingerprint density at radius 1 is 0.769 bits per heavy atom. The molecule has 0 atom stereocenters. The van der Waals surface area contributed by atoms with Crippen molar-refractivity contribution in [2.24, 2.45) is 0 Å². The summed E-state index contributed by atoms with van der Waals surface area (Å²) in [6.07, 6.45) is 0. The molecule has 0 heterocycles. The highest BCUT2D eigenvalue weighted by atomic mass is 31.2. The molecule has 0 bridgehead atoms. The Balaban J connectivity index is 4.57. The fraction of sp³-hybridized carbons (Fsp3) is 0.800. The molecule has 0 saturated heterocycles. The Hall–Kier alpha value is 0.300. The number of hydrogen-bond acceptors (Lipinski definition) is 6. The van der Waals surface area contributed by atoms with Gasteiger partial charge in [-0.2, -0.15) is 0 Å². The zero-order valence-electron chi connectivity index (χ0n) is 7.92. The second kappa shape index (κ2) is 5.25. The zero-order chi connectivity index (χ0) is 10.5. The predicted molar refractivity (Wildman–Crippen MR) is 47.5 cm³/mol. The molecule has 0 aromatic carbocycles. The van der Waals surface area contributed by atoms with Gasteiger partial charge in [-0.25, -0.2) is 0 Å². The van der Waals surface area contributed by atoms with Crippen molar-refractivity contribution in [3.05, 3.63) is 5.90 Å². The lowest BCUT2D eigenvalue weighted by molar-refractivity contribution is 0.268. The third-order valence-corrected chi connectivity index (χ3v) is 5.60. The summed E-state index contributed by atoms with van der Waals surface area (Å²) >= 11 is 0. The van der Waals surface area contributed by atoms with Crippen LogP contribution in [0.15, 0.2) is 0 Å². The second-order valence-corrected chi connectivity index (χ2v) is 6.47. The Morgan fingerprint density at radius 2 is 1.00 bits per heavy atom. The van der Waals surface area contributed by atoms with E-state index >= 15 is 0 Å². The van der Waals surface area contributed by atoms with E-state index in [1.54, 1.807) is 0 Å². The van der Waals surface area contributed by atoms with Crippen molar-refractivity contribution in [3.8, 4) is 0 Å². The monoisotopic (exact) mass is 231 g/mol. The van der Waals surface area contributed by atoms with Gasteiger partial charge in [-0.3, -0.25) is 9.13 Å². The normalized spacial score (nSPS) is 13.2. The van der Waals surface area contributed by atoms with Crippen LogP contribution in [0.25, 0.3) is 0 Å². The van der Waals surface area contributed by atoms with Crippen LogP contribution in [0.1, 0.15) is 0 Å². The van der Waals surface area contributed by atoms with Gasteiger partial charge in [-0.05, 0) is 0 Å². The molecule has 0 aliphatic carbocycles. The molecule has 0 saturated carbocycles. The van der Waals surface area contributed by atoms with E-state index < -0.39 is 15.2 Å². The number of hydrogen-bond donors (Lipinski definition) is 0. The van der Waals surface area contributed by atoms with E-state index in [1.807, 2.05) is 0 Å². The SMILES string of the molecule is COP(=O)([CH]P(=O)(OC)OC)OC. The minimum atomic E-state index is -3.47. The van der Waals surface area contributed by atoms with Gasteiger partial charge in [0.15, 0.2) is 5.90 Å². The van der Waals surface area contributed by atoms with Crippen molar-refractivity contribution in [1.29, 1.82) is 0 Å². The van der Waals surface area contributed by atoms with Gasteiger partial charge in [0.1, 0.15) is 0 Å². The molecular weight excluding hydrogens is 218 g/mol. The summed E-state index contributed by atoms with van der Waals surface area (Å²) in [4.78, 5) is 0. The summed E-state index contributed by atoms with van der Waals surface area (Å²) < 4.78 is 41.0. The van der Waals surface area contributed by atoms with Crippen LogP contribution in [0.4, 0.5) is 0 Å². The first-order valence-electron chi connectivity index (χ1n) is 3.24. The van der Waals surface area contributed by atoms with Crippen LogP contribution >= 0.6 is 15.2 Å². The first-order valence-corrected chi connectivity index (χ1v) is 6.47. The Labute approximate surface area is 77.6 Å². The standard InChI is InChI=1S/C5H13O6P2/c1-8-12(6,9-2)5-13(7,10-3)11-4/h5H,1-4H3. The van der Waals surface area contributed by atoms with Gasteiger partial charge in [0.2, 0.25) is 0 Å². The molecule has 0 unspecified atom stereocenters. The van der Waals surface area contributed by atoms with Crippen molar-refractivity contribution >= 4 is 15.2 Å². The minimum Gasteiger partial charge on any atom is -0.311 e. The Kier molecular flexibility index (Phi) is 5.37. The van der Waals surface area contributed by atoms with Crippen LogP contribution < -0.4 is 0 Å². The molecule has 8 heteroatoms. The first-order chi connectivity index (χ1) is 5.95. The van der Waals surface area contributed by atoms with Gasteiger partial charge in [-0.1, -0.05) is 0 Å². The van der Waals surface area contributed by atoms with Crippen LogP contribution in [0.5, 0.6) is 0 Å². The smallest absolute Gasteiger partial charge is 0.311 e. The van der Waals surface area contributed by atoms with E-state index in [4.69, 9.17) is 0 Å².